The van der Waals surface area contributed by atoms with Crippen molar-refractivity contribution >= 4 is 23.2 Å². The van der Waals surface area contributed by atoms with Gasteiger partial charge in [0.15, 0.2) is 0 Å². The summed E-state index contributed by atoms with van der Waals surface area (Å²) < 4.78 is 5.47. The van der Waals surface area contributed by atoms with Gasteiger partial charge < -0.3 is 15.4 Å². The highest BCUT2D eigenvalue weighted by Gasteiger charge is 2.16. The van der Waals surface area contributed by atoms with Gasteiger partial charge in [0.1, 0.15) is 0 Å². The van der Waals surface area contributed by atoms with Gasteiger partial charge in [0.2, 0.25) is 0 Å². The van der Waals surface area contributed by atoms with E-state index in [9.17, 15) is 19.7 Å². The molecule has 0 bridgehead atoms. The van der Waals surface area contributed by atoms with Gasteiger partial charge in [-0.05, 0) is 49.2 Å². The van der Waals surface area contributed by atoms with E-state index in [2.05, 4.69) is 10.6 Å². The number of hydrogen-bond acceptors (Lipinski definition) is 5. The van der Waals surface area contributed by atoms with E-state index in [-0.39, 0.29) is 23.6 Å². The van der Waals surface area contributed by atoms with Gasteiger partial charge in [-0.1, -0.05) is 0 Å². The molecule has 2 N–H and O–H groups in total. The van der Waals surface area contributed by atoms with E-state index < -0.39 is 4.92 Å². The highest BCUT2D eigenvalue weighted by atomic mass is 16.6. The third-order valence-electron chi connectivity index (χ3n) is 4.26. The van der Waals surface area contributed by atoms with Gasteiger partial charge in [-0.25, -0.2) is 0 Å². The lowest BCUT2D eigenvalue weighted by molar-refractivity contribution is -0.384. The molecule has 2 aromatic rings. The molecule has 3 rings (SSSR count). The first-order valence-electron chi connectivity index (χ1n) is 8.58. The number of anilines is 1. The van der Waals surface area contributed by atoms with Gasteiger partial charge in [0, 0.05) is 42.1 Å². The van der Waals surface area contributed by atoms with Crippen molar-refractivity contribution in [3.05, 3.63) is 69.8 Å². The number of nitro benzene ring substituents is 1. The number of ether oxygens (including phenoxy) is 1. The molecule has 27 heavy (non-hydrogen) atoms. The highest BCUT2D eigenvalue weighted by Crippen LogP contribution is 2.15. The van der Waals surface area contributed by atoms with Crippen molar-refractivity contribution < 1.29 is 19.2 Å². The largest absolute Gasteiger partial charge is 0.376 e. The van der Waals surface area contributed by atoms with Crippen LogP contribution in [-0.2, 0) is 4.74 Å². The molecule has 0 spiro atoms. The molecule has 1 aliphatic heterocycles. The fraction of sp³-hybridized carbons (Fsp3) is 0.263. The molecule has 1 heterocycles. The van der Waals surface area contributed by atoms with E-state index in [1.54, 1.807) is 24.3 Å². The number of nitrogens with one attached hydrogen (secondary N) is 2. The predicted molar refractivity (Wildman–Crippen MR) is 98.8 cm³/mol. The predicted octanol–water partition coefficient (Wildman–Crippen LogP) is 2.76. The minimum absolute atomic E-state index is 0.0780. The van der Waals surface area contributed by atoms with Crippen molar-refractivity contribution in [1.82, 2.24) is 5.32 Å². The summed E-state index contributed by atoms with van der Waals surface area (Å²) in [7, 11) is 0. The van der Waals surface area contributed by atoms with Crippen LogP contribution >= 0.6 is 0 Å². The van der Waals surface area contributed by atoms with Gasteiger partial charge in [-0.3, -0.25) is 19.7 Å². The van der Waals surface area contributed by atoms with Crippen LogP contribution in [0.5, 0.6) is 0 Å². The van der Waals surface area contributed by atoms with Crippen molar-refractivity contribution in [2.45, 2.75) is 18.9 Å². The lowest BCUT2D eigenvalue weighted by atomic mass is 10.1. The monoisotopic (exact) mass is 369 g/mol. The van der Waals surface area contributed by atoms with E-state index in [0.717, 1.165) is 19.4 Å². The molecule has 0 aliphatic carbocycles. The molecule has 140 valence electrons. The van der Waals surface area contributed by atoms with Crippen molar-refractivity contribution in [3.63, 3.8) is 0 Å². The van der Waals surface area contributed by atoms with Crippen molar-refractivity contribution in [2.24, 2.45) is 0 Å². The molecule has 1 aliphatic rings. The normalized spacial score (nSPS) is 15.9. The van der Waals surface area contributed by atoms with E-state index in [4.69, 9.17) is 4.74 Å². The zero-order chi connectivity index (χ0) is 19.2. The van der Waals surface area contributed by atoms with Crippen LogP contribution in [0.25, 0.3) is 0 Å². The third-order valence-corrected chi connectivity index (χ3v) is 4.26. The molecule has 8 nitrogen and oxygen atoms in total. The molecule has 0 radical (unpaired) electrons. The van der Waals surface area contributed by atoms with E-state index >= 15 is 0 Å². The second kappa shape index (κ2) is 8.41. The molecule has 1 saturated heterocycles. The van der Waals surface area contributed by atoms with Gasteiger partial charge in [-0.2, -0.15) is 0 Å². The average molecular weight is 369 g/mol. The lowest BCUT2D eigenvalue weighted by Crippen LogP contribution is -2.31. The first-order chi connectivity index (χ1) is 13.0. The second-order valence-corrected chi connectivity index (χ2v) is 6.18. The molecular formula is C19H19N3O5. The SMILES string of the molecule is O=C(NC[C@H]1CCCO1)c1ccc(NC(=O)c2ccc([N+](=O)[O-])cc2)cc1. The molecule has 0 unspecified atom stereocenters. The topological polar surface area (TPSA) is 111 Å². The Labute approximate surface area is 155 Å². The number of nitro groups is 1. The number of carbonyl (C=O) groups is 2. The first kappa shape index (κ1) is 18.5. The Morgan fingerprint density at radius 1 is 1.04 bits per heavy atom. The molecule has 0 saturated carbocycles. The van der Waals surface area contributed by atoms with Crippen LogP contribution in [0.1, 0.15) is 33.6 Å². The number of hydrogen-bond donors (Lipinski definition) is 2. The molecule has 8 heteroatoms. The van der Waals surface area contributed by atoms with E-state index in [1.165, 1.54) is 24.3 Å². The standard InChI is InChI=1S/C19H19N3O5/c23-18(20-12-17-2-1-11-27-17)13-3-7-15(8-4-13)21-19(24)14-5-9-16(10-6-14)22(25)26/h3-10,17H,1-2,11-12H2,(H,20,23)(H,21,24)/t17-/m1/s1. The summed E-state index contributed by atoms with van der Waals surface area (Å²) in [6, 6.07) is 11.8. The Bertz CT molecular complexity index is 827. The summed E-state index contributed by atoms with van der Waals surface area (Å²) in [4.78, 5) is 34.4. The number of non-ortho nitro benzene ring substituents is 1. The summed E-state index contributed by atoms with van der Waals surface area (Å²) in [5, 5.41) is 16.2. The summed E-state index contributed by atoms with van der Waals surface area (Å²) in [5.41, 5.74) is 1.24. The van der Waals surface area contributed by atoms with Crippen LogP contribution in [0.4, 0.5) is 11.4 Å². The van der Waals surface area contributed by atoms with Crippen LogP contribution < -0.4 is 10.6 Å². The fourth-order valence-electron chi connectivity index (χ4n) is 2.76. The zero-order valence-corrected chi connectivity index (χ0v) is 14.5. The summed E-state index contributed by atoms with van der Waals surface area (Å²) in [5.74, 6) is -0.584. The fourth-order valence-corrected chi connectivity index (χ4v) is 2.76. The second-order valence-electron chi connectivity index (χ2n) is 6.18. The van der Waals surface area contributed by atoms with Crippen molar-refractivity contribution in [2.75, 3.05) is 18.5 Å². The quantitative estimate of drug-likeness (QED) is 0.601. The minimum Gasteiger partial charge on any atom is -0.376 e. The van der Waals surface area contributed by atoms with Gasteiger partial charge >= 0.3 is 0 Å². The summed E-state index contributed by atoms with van der Waals surface area (Å²) in [6.07, 6.45) is 2.05. The Balaban J connectivity index is 1.55. The van der Waals surface area contributed by atoms with Crippen LogP contribution in [0.15, 0.2) is 48.5 Å². The van der Waals surface area contributed by atoms with Crippen LogP contribution in [0.2, 0.25) is 0 Å². The van der Waals surface area contributed by atoms with Crippen LogP contribution in [0, 0.1) is 10.1 Å². The average Bonchev–Trinajstić information content (AvgIpc) is 3.20. The Kier molecular flexibility index (Phi) is 5.77. The Morgan fingerprint density at radius 2 is 1.67 bits per heavy atom. The van der Waals surface area contributed by atoms with Gasteiger partial charge in [-0.15, -0.1) is 0 Å². The Hall–Kier alpha value is -3.26. The first-order valence-corrected chi connectivity index (χ1v) is 8.58. The lowest BCUT2D eigenvalue weighted by Gasteiger charge is -2.11. The molecule has 2 amide bonds. The van der Waals surface area contributed by atoms with Crippen molar-refractivity contribution in [3.8, 4) is 0 Å². The van der Waals surface area contributed by atoms with Gasteiger partial charge in [0.05, 0.1) is 11.0 Å². The molecular weight excluding hydrogens is 350 g/mol. The van der Waals surface area contributed by atoms with E-state index in [1.807, 2.05) is 0 Å². The Morgan fingerprint density at radius 3 is 2.26 bits per heavy atom. The molecule has 1 fully saturated rings. The minimum atomic E-state index is -0.524. The summed E-state index contributed by atoms with van der Waals surface area (Å²) >= 11 is 0. The smallest absolute Gasteiger partial charge is 0.269 e. The maximum atomic E-state index is 12.2. The van der Waals surface area contributed by atoms with Crippen LogP contribution in [0.3, 0.4) is 0 Å². The number of carbonyl (C=O) groups excluding carboxylic acids is 2. The van der Waals surface area contributed by atoms with Gasteiger partial charge in [0.25, 0.3) is 17.5 Å². The number of amides is 2. The molecule has 2 aromatic carbocycles. The number of nitrogens with zero attached hydrogens (tertiary/aromatic N) is 1. The van der Waals surface area contributed by atoms with E-state index in [0.29, 0.717) is 23.4 Å². The zero-order valence-electron chi connectivity index (χ0n) is 14.5. The van der Waals surface area contributed by atoms with Crippen LogP contribution in [-0.4, -0.2) is 36.0 Å². The maximum Gasteiger partial charge on any atom is 0.269 e. The number of rotatable bonds is 6. The molecule has 0 aromatic heterocycles. The third kappa shape index (κ3) is 4.89. The maximum absolute atomic E-state index is 12.2. The molecule has 1 atom stereocenters. The van der Waals surface area contributed by atoms with Crippen molar-refractivity contribution in [1.29, 1.82) is 0 Å². The highest BCUT2D eigenvalue weighted by molar-refractivity contribution is 6.04. The number of benzene rings is 2. The summed E-state index contributed by atoms with van der Waals surface area (Å²) in [6.45, 7) is 1.22.